The molecule has 1 atom stereocenters. The van der Waals surface area contributed by atoms with E-state index < -0.39 is 24.0 Å². The number of carbonyl (C=O) groups is 1. The smallest absolute Gasteiger partial charge is 0.334 e. The van der Waals surface area contributed by atoms with Crippen LogP contribution in [0.25, 0.3) is 11.1 Å². The zero-order valence-corrected chi connectivity index (χ0v) is 20.0. The number of aromatic amines is 1. The summed E-state index contributed by atoms with van der Waals surface area (Å²) < 4.78 is 45.9. The SMILES string of the molecule is CCCCCCn1cc(C2(C(F)(F)F)CC(c3ccc(C4CC4)s3)=C(c3nn[nH]n3)C(=O)N2)cn1. The molecule has 12 heteroatoms. The van der Waals surface area contributed by atoms with Crippen LogP contribution in [-0.2, 0) is 16.9 Å². The van der Waals surface area contributed by atoms with Gasteiger partial charge in [0.1, 0.15) is 0 Å². The number of carbonyl (C=O) groups excluding carboxylic acids is 1. The third-order valence-corrected chi connectivity index (χ3v) is 7.93. The van der Waals surface area contributed by atoms with Crippen LogP contribution in [0.15, 0.2) is 24.5 Å². The van der Waals surface area contributed by atoms with Gasteiger partial charge in [0.05, 0.1) is 11.8 Å². The van der Waals surface area contributed by atoms with E-state index in [1.54, 1.807) is 6.07 Å². The highest BCUT2D eigenvalue weighted by atomic mass is 32.1. The first kappa shape index (κ1) is 23.7. The molecule has 3 aromatic heterocycles. The van der Waals surface area contributed by atoms with Crippen LogP contribution in [0, 0.1) is 0 Å². The number of rotatable bonds is 9. The number of nitrogens with one attached hydrogen (secondary N) is 2. The zero-order valence-electron chi connectivity index (χ0n) is 19.2. The van der Waals surface area contributed by atoms with E-state index in [2.05, 4.69) is 38.0 Å². The number of hydrogen-bond donors (Lipinski definition) is 2. The van der Waals surface area contributed by atoms with Crippen molar-refractivity contribution in [2.75, 3.05) is 0 Å². The van der Waals surface area contributed by atoms with Crippen molar-refractivity contribution in [2.24, 2.45) is 0 Å². The quantitative estimate of drug-likeness (QED) is 0.407. The first-order valence-corrected chi connectivity index (χ1v) is 12.6. The number of hydrogen-bond acceptors (Lipinski definition) is 6. The summed E-state index contributed by atoms with van der Waals surface area (Å²) in [4.78, 5) is 15.0. The average molecular weight is 506 g/mol. The number of tetrazole rings is 1. The lowest BCUT2D eigenvalue weighted by atomic mass is 9.79. The van der Waals surface area contributed by atoms with E-state index in [0.29, 0.717) is 17.3 Å². The van der Waals surface area contributed by atoms with Gasteiger partial charge in [-0.05, 0) is 48.1 Å². The molecule has 1 fully saturated rings. The Bertz CT molecular complexity index is 1230. The third kappa shape index (κ3) is 4.51. The number of alkyl halides is 3. The Hall–Kier alpha value is -3.02. The second kappa shape index (κ2) is 9.21. The minimum atomic E-state index is -4.76. The molecule has 8 nitrogen and oxygen atoms in total. The monoisotopic (exact) mass is 505 g/mol. The molecule has 1 saturated carbocycles. The van der Waals surface area contributed by atoms with Crippen molar-refractivity contribution in [3.63, 3.8) is 0 Å². The summed E-state index contributed by atoms with van der Waals surface area (Å²) in [6.07, 6.45) is 3.45. The largest absolute Gasteiger partial charge is 0.416 e. The molecule has 0 spiro atoms. The molecule has 0 radical (unpaired) electrons. The van der Waals surface area contributed by atoms with Gasteiger partial charge >= 0.3 is 6.18 Å². The average Bonchev–Trinajstić information content (AvgIpc) is 3.23. The standard InChI is InChI=1S/C23H26F3N7OS/c1-2-3-4-5-10-33-13-15(12-27-33)22(23(24,25)26)11-16(18-9-8-17(35-18)14-6-7-14)19(21(34)28-22)20-29-31-32-30-20/h8-9,12-14H,2-7,10-11H2,1H3,(H,28,34)(H,29,30,31,32). The highest BCUT2D eigenvalue weighted by molar-refractivity contribution is 7.13. The summed E-state index contributed by atoms with van der Waals surface area (Å²) >= 11 is 1.43. The van der Waals surface area contributed by atoms with Gasteiger partial charge in [0.25, 0.3) is 5.91 Å². The highest BCUT2D eigenvalue weighted by Gasteiger charge is 2.60. The van der Waals surface area contributed by atoms with Gasteiger partial charge in [-0.3, -0.25) is 9.48 Å². The summed E-state index contributed by atoms with van der Waals surface area (Å²) in [6, 6.07) is 3.74. The highest BCUT2D eigenvalue weighted by Crippen LogP contribution is 2.51. The van der Waals surface area contributed by atoms with E-state index in [1.165, 1.54) is 28.4 Å². The molecule has 1 aliphatic heterocycles. The molecule has 186 valence electrons. The molecule has 3 aromatic rings. The molecule has 0 aromatic carbocycles. The van der Waals surface area contributed by atoms with Crippen LogP contribution in [0.5, 0.6) is 0 Å². The summed E-state index contributed by atoms with van der Waals surface area (Å²) in [5, 5.41) is 20.0. The van der Waals surface area contributed by atoms with Crippen LogP contribution in [0.2, 0.25) is 0 Å². The summed E-state index contributed by atoms with van der Waals surface area (Å²) in [6.45, 7) is 2.62. The predicted octanol–water partition coefficient (Wildman–Crippen LogP) is 4.80. The van der Waals surface area contributed by atoms with Crippen molar-refractivity contribution >= 4 is 28.4 Å². The Morgan fingerprint density at radius 1 is 1.23 bits per heavy atom. The lowest BCUT2D eigenvalue weighted by Crippen LogP contribution is -2.58. The fourth-order valence-corrected chi connectivity index (χ4v) is 5.75. The Morgan fingerprint density at radius 3 is 2.74 bits per heavy atom. The molecule has 2 aliphatic rings. The van der Waals surface area contributed by atoms with Crippen molar-refractivity contribution in [3.8, 4) is 0 Å². The van der Waals surface area contributed by atoms with Crippen molar-refractivity contribution in [1.29, 1.82) is 0 Å². The molecule has 0 bridgehead atoms. The zero-order chi connectivity index (χ0) is 24.6. The number of aromatic nitrogens is 6. The van der Waals surface area contributed by atoms with E-state index in [-0.39, 0.29) is 22.5 Å². The number of aryl methyl sites for hydroxylation is 1. The predicted molar refractivity (Wildman–Crippen MR) is 124 cm³/mol. The van der Waals surface area contributed by atoms with Gasteiger partial charge in [-0.25, -0.2) is 0 Å². The van der Waals surface area contributed by atoms with Crippen LogP contribution in [0.3, 0.4) is 0 Å². The van der Waals surface area contributed by atoms with Gasteiger partial charge in [-0.1, -0.05) is 26.2 Å². The second-order valence-electron chi connectivity index (χ2n) is 9.15. The Kier molecular flexibility index (Phi) is 6.24. The minimum absolute atomic E-state index is 0.00905. The normalized spacial score (nSPS) is 21.0. The molecule has 1 unspecified atom stereocenters. The topological polar surface area (TPSA) is 101 Å². The van der Waals surface area contributed by atoms with E-state index in [9.17, 15) is 18.0 Å². The van der Waals surface area contributed by atoms with E-state index >= 15 is 0 Å². The van der Waals surface area contributed by atoms with Crippen LogP contribution in [-0.4, -0.2) is 42.5 Å². The lowest BCUT2D eigenvalue weighted by molar-refractivity contribution is -0.201. The Morgan fingerprint density at radius 2 is 2.06 bits per heavy atom. The first-order chi connectivity index (χ1) is 16.8. The number of thiophene rings is 1. The van der Waals surface area contributed by atoms with Gasteiger partial charge < -0.3 is 5.32 Å². The number of H-pyrrole nitrogens is 1. The third-order valence-electron chi connectivity index (χ3n) is 6.62. The number of unbranched alkanes of at least 4 members (excludes halogenated alkanes) is 3. The van der Waals surface area contributed by atoms with Gasteiger partial charge in [0.2, 0.25) is 5.82 Å². The Labute approximate surface area is 204 Å². The fourth-order valence-electron chi connectivity index (χ4n) is 4.52. The van der Waals surface area contributed by atoms with Crippen molar-refractivity contribution in [2.45, 2.75) is 76.0 Å². The first-order valence-electron chi connectivity index (χ1n) is 11.8. The molecule has 0 saturated heterocycles. The maximum Gasteiger partial charge on any atom is 0.416 e. The van der Waals surface area contributed by atoms with Crippen LogP contribution < -0.4 is 5.32 Å². The number of halogens is 3. The molecular formula is C23H26F3N7OS. The Balaban J connectivity index is 1.56. The molecule has 2 N–H and O–H groups in total. The minimum Gasteiger partial charge on any atom is -0.334 e. The van der Waals surface area contributed by atoms with Crippen LogP contribution in [0.4, 0.5) is 13.2 Å². The van der Waals surface area contributed by atoms with Gasteiger partial charge in [-0.15, -0.1) is 21.5 Å². The van der Waals surface area contributed by atoms with Crippen molar-refractivity contribution in [3.05, 3.63) is 45.7 Å². The molecule has 4 heterocycles. The molecular weight excluding hydrogens is 479 g/mol. The molecule has 1 amide bonds. The lowest BCUT2D eigenvalue weighted by Gasteiger charge is -2.40. The molecule has 5 rings (SSSR count). The van der Waals surface area contributed by atoms with Gasteiger partial charge in [-0.2, -0.15) is 23.5 Å². The second-order valence-corrected chi connectivity index (χ2v) is 10.3. The number of amides is 1. The van der Waals surface area contributed by atoms with Gasteiger partial charge in [0.15, 0.2) is 5.54 Å². The van der Waals surface area contributed by atoms with Gasteiger partial charge in [0, 0.05) is 34.5 Å². The van der Waals surface area contributed by atoms with Crippen LogP contribution >= 0.6 is 11.3 Å². The summed E-state index contributed by atoms with van der Waals surface area (Å²) in [7, 11) is 0. The molecule has 35 heavy (non-hydrogen) atoms. The van der Waals surface area contributed by atoms with Crippen LogP contribution in [0.1, 0.15) is 78.9 Å². The van der Waals surface area contributed by atoms with E-state index in [4.69, 9.17) is 0 Å². The summed E-state index contributed by atoms with van der Waals surface area (Å²) in [5.41, 5.74) is -2.43. The van der Waals surface area contributed by atoms with E-state index in [0.717, 1.165) is 43.4 Å². The van der Waals surface area contributed by atoms with Crippen molar-refractivity contribution < 1.29 is 18.0 Å². The summed E-state index contributed by atoms with van der Waals surface area (Å²) in [5.74, 6) is -0.470. The van der Waals surface area contributed by atoms with Crippen molar-refractivity contribution in [1.82, 2.24) is 35.7 Å². The maximum absolute atomic E-state index is 14.8. The molecule has 1 aliphatic carbocycles. The maximum atomic E-state index is 14.8. The fraction of sp³-hybridized carbons (Fsp3) is 0.522. The number of nitrogens with zero attached hydrogens (tertiary/aromatic N) is 5. The van der Waals surface area contributed by atoms with E-state index in [1.807, 2.05) is 6.07 Å².